The van der Waals surface area contributed by atoms with Gasteiger partial charge < -0.3 is 0 Å². The molecule has 1 aromatic heterocycles. The first-order valence-electron chi connectivity index (χ1n) is 12.8. The van der Waals surface area contributed by atoms with E-state index in [1.54, 1.807) is 0 Å². The van der Waals surface area contributed by atoms with Crippen molar-refractivity contribution in [3.63, 3.8) is 0 Å². The summed E-state index contributed by atoms with van der Waals surface area (Å²) in [5.41, 5.74) is 8.17. The minimum atomic E-state index is -2.04. The molecule has 0 saturated carbocycles. The number of hydrogen-bond acceptors (Lipinski definition) is 2. The first-order valence-corrected chi connectivity index (χ1v) is 15.8. The molecule has 2 heterocycles. The highest BCUT2D eigenvalue weighted by atomic mass is 28.3. The summed E-state index contributed by atoms with van der Waals surface area (Å²) >= 11 is 0. The normalized spacial score (nSPS) is 13.4. The minimum Gasteiger partial charge on any atom is -0.237 e. The minimum absolute atomic E-state index is 0.801. The average molecular weight is 491 g/mol. The molecule has 0 aliphatic carbocycles. The summed E-state index contributed by atoms with van der Waals surface area (Å²) in [6, 6.07) is 43.1. The summed E-state index contributed by atoms with van der Waals surface area (Å²) in [5.74, 6) is 0.801. The molecule has 0 saturated heterocycles. The van der Waals surface area contributed by atoms with Crippen LogP contribution in [0, 0.1) is 0 Å². The number of hydrogen-bond donors (Lipinski definition) is 0. The average Bonchev–Trinajstić information content (AvgIpc) is 3.20. The fraction of sp³-hybridized carbons (Fsp3) is 0.0588. The van der Waals surface area contributed by atoms with E-state index in [0.29, 0.717) is 0 Å². The van der Waals surface area contributed by atoms with E-state index < -0.39 is 8.07 Å². The van der Waals surface area contributed by atoms with Gasteiger partial charge in [0.15, 0.2) is 5.82 Å². The van der Waals surface area contributed by atoms with Gasteiger partial charge in [-0.1, -0.05) is 134 Å². The zero-order valence-corrected chi connectivity index (χ0v) is 21.9. The molecule has 1 aliphatic heterocycles. The Kier molecular flexibility index (Phi) is 4.95. The Bertz CT molecular complexity index is 1770. The molecule has 1 aliphatic rings. The first kappa shape index (κ1) is 21.9. The SMILES string of the molecule is C[Si]1(C)c2ccc3ccccc3c2-c2c(-c3ccccc3)nc(-c3ccc(-c4ccccc4)cc3)nc21. The van der Waals surface area contributed by atoms with Gasteiger partial charge in [-0.2, -0.15) is 0 Å². The highest BCUT2D eigenvalue weighted by molar-refractivity contribution is 7.03. The van der Waals surface area contributed by atoms with E-state index in [0.717, 1.165) is 22.6 Å². The highest BCUT2D eigenvalue weighted by Crippen LogP contribution is 2.40. The summed E-state index contributed by atoms with van der Waals surface area (Å²) in [6.45, 7) is 4.85. The monoisotopic (exact) mass is 490 g/mol. The second-order valence-corrected chi connectivity index (χ2v) is 14.5. The fourth-order valence-electron chi connectivity index (χ4n) is 5.72. The van der Waals surface area contributed by atoms with Crippen molar-refractivity contribution in [1.29, 1.82) is 0 Å². The lowest BCUT2D eigenvalue weighted by atomic mass is 9.95. The van der Waals surface area contributed by atoms with Crippen LogP contribution in [0.3, 0.4) is 0 Å². The number of rotatable bonds is 3. The van der Waals surface area contributed by atoms with Crippen LogP contribution in [0.15, 0.2) is 121 Å². The largest absolute Gasteiger partial charge is 0.237 e. The standard InChI is InChI=1S/C34H26N2Si/c1-37(2)29-22-21-25-13-9-10-16-28(25)30(29)31-32(26-14-7-4-8-15-26)35-33(36-34(31)37)27-19-17-24(18-20-27)23-11-5-3-6-12-23/h3-22H,1-2H3. The molecule has 0 unspecified atom stereocenters. The van der Waals surface area contributed by atoms with Crippen molar-refractivity contribution in [2.24, 2.45) is 0 Å². The molecule has 0 N–H and O–H groups in total. The van der Waals surface area contributed by atoms with E-state index in [9.17, 15) is 0 Å². The van der Waals surface area contributed by atoms with Crippen LogP contribution >= 0.6 is 0 Å². The van der Waals surface area contributed by atoms with E-state index >= 15 is 0 Å². The van der Waals surface area contributed by atoms with Crippen molar-refractivity contribution >= 4 is 29.4 Å². The maximum absolute atomic E-state index is 5.34. The van der Waals surface area contributed by atoms with Gasteiger partial charge in [-0.3, -0.25) is 0 Å². The smallest absolute Gasteiger partial charge is 0.159 e. The van der Waals surface area contributed by atoms with Gasteiger partial charge in [0, 0.05) is 22.0 Å². The molecule has 176 valence electrons. The van der Waals surface area contributed by atoms with Crippen LogP contribution in [-0.4, -0.2) is 18.0 Å². The van der Waals surface area contributed by atoms with Crippen molar-refractivity contribution in [3.05, 3.63) is 121 Å². The van der Waals surface area contributed by atoms with Gasteiger partial charge in [0.1, 0.15) is 8.07 Å². The third kappa shape index (κ3) is 3.46. The molecule has 37 heavy (non-hydrogen) atoms. The lowest BCUT2D eigenvalue weighted by molar-refractivity contribution is 1.21. The van der Waals surface area contributed by atoms with Crippen molar-refractivity contribution in [2.75, 3.05) is 0 Å². The van der Waals surface area contributed by atoms with Gasteiger partial charge in [0.05, 0.1) is 5.69 Å². The molecule has 0 fully saturated rings. The van der Waals surface area contributed by atoms with Crippen LogP contribution in [-0.2, 0) is 0 Å². The second-order valence-electron chi connectivity index (χ2n) is 10.3. The fourth-order valence-corrected chi connectivity index (χ4v) is 8.61. The summed E-state index contributed by atoms with van der Waals surface area (Å²) in [7, 11) is -2.04. The number of benzene rings is 5. The molecular weight excluding hydrogens is 464 g/mol. The quantitative estimate of drug-likeness (QED) is 0.241. The summed E-state index contributed by atoms with van der Waals surface area (Å²) in [6.07, 6.45) is 0. The Morgan fingerprint density at radius 1 is 0.486 bits per heavy atom. The second kappa shape index (κ2) is 8.36. The maximum atomic E-state index is 5.34. The van der Waals surface area contributed by atoms with E-state index in [1.165, 1.54) is 43.5 Å². The Morgan fingerprint density at radius 2 is 1.08 bits per heavy atom. The molecule has 3 heteroatoms. The summed E-state index contributed by atoms with van der Waals surface area (Å²) in [5, 5.41) is 5.23. The third-order valence-corrected chi connectivity index (χ3v) is 11.0. The van der Waals surface area contributed by atoms with E-state index in [-0.39, 0.29) is 0 Å². The van der Waals surface area contributed by atoms with Gasteiger partial charge in [-0.15, -0.1) is 0 Å². The van der Waals surface area contributed by atoms with Gasteiger partial charge >= 0.3 is 0 Å². The van der Waals surface area contributed by atoms with Crippen molar-refractivity contribution in [3.8, 4) is 44.9 Å². The Morgan fingerprint density at radius 3 is 1.81 bits per heavy atom. The van der Waals surface area contributed by atoms with E-state index in [1.807, 2.05) is 6.07 Å². The predicted octanol–water partition coefficient (Wildman–Crippen LogP) is 7.43. The molecule has 6 aromatic rings. The topological polar surface area (TPSA) is 25.8 Å². The number of nitrogens with zero attached hydrogens (tertiary/aromatic N) is 2. The van der Waals surface area contributed by atoms with Gasteiger partial charge in [0.2, 0.25) is 0 Å². The van der Waals surface area contributed by atoms with Crippen LogP contribution in [0.25, 0.3) is 55.7 Å². The van der Waals surface area contributed by atoms with Crippen LogP contribution in [0.5, 0.6) is 0 Å². The van der Waals surface area contributed by atoms with Gasteiger partial charge in [0.25, 0.3) is 0 Å². The maximum Gasteiger partial charge on any atom is 0.159 e. The highest BCUT2D eigenvalue weighted by Gasteiger charge is 2.42. The van der Waals surface area contributed by atoms with Gasteiger partial charge in [-0.05, 0) is 32.6 Å². The predicted molar refractivity (Wildman–Crippen MR) is 158 cm³/mol. The number of aromatic nitrogens is 2. The molecule has 7 rings (SSSR count). The molecular formula is C34H26N2Si. The van der Waals surface area contributed by atoms with Crippen molar-refractivity contribution in [1.82, 2.24) is 9.97 Å². The van der Waals surface area contributed by atoms with Crippen LogP contribution in [0.1, 0.15) is 0 Å². The first-order chi connectivity index (χ1) is 18.1. The number of fused-ring (bicyclic) bond motifs is 5. The Balaban J connectivity index is 1.48. The lowest BCUT2D eigenvalue weighted by Gasteiger charge is -2.19. The molecule has 0 amide bonds. The van der Waals surface area contributed by atoms with Crippen molar-refractivity contribution < 1.29 is 0 Å². The molecule has 5 aromatic carbocycles. The third-order valence-electron chi connectivity index (χ3n) is 7.65. The van der Waals surface area contributed by atoms with Gasteiger partial charge in [-0.25, -0.2) is 9.97 Å². The summed E-state index contributed by atoms with van der Waals surface area (Å²) in [4.78, 5) is 10.6. The summed E-state index contributed by atoms with van der Waals surface area (Å²) < 4.78 is 0. The van der Waals surface area contributed by atoms with Crippen LogP contribution in [0.4, 0.5) is 0 Å². The Hall–Kier alpha value is -4.34. The molecule has 0 spiro atoms. The zero-order valence-electron chi connectivity index (χ0n) is 20.9. The molecule has 2 nitrogen and oxygen atoms in total. The van der Waals surface area contributed by atoms with Crippen LogP contribution < -0.4 is 10.5 Å². The molecule has 0 atom stereocenters. The zero-order chi connectivity index (χ0) is 25.0. The lowest BCUT2D eigenvalue weighted by Crippen LogP contribution is -2.50. The van der Waals surface area contributed by atoms with Crippen LogP contribution in [0.2, 0.25) is 13.1 Å². The molecule has 0 radical (unpaired) electrons. The van der Waals surface area contributed by atoms with Crippen molar-refractivity contribution in [2.45, 2.75) is 13.1 Å². The van der Waals surface area contributed by atoms with E-state index in [2.05, 4.69) is 128 Å². The molecule has 0 bridgehead atoms. The van der Waals surface area contributed by atoms with E-state index in [4.69, 9.17) is 9.97 Å². The Labute approximate surface area is 218 Å².